The summed E-state index contributed by atoms with van der Waals surface area (Å²) in [5, 5.41) is 3.70. The van der Waals surface area contributed by atoms with Crippen molar-refractivity contribution in [3.8, 4) is 5.75 Å². The van der Waals surface area contributed by atoms with E-state index < -0.39 is 0 Å². The van der Waals surface area contributed by atoms with Gasteiger partial charge in [0.1, 0.15) is 5.75 Å². The van der Waals surface area contributed by atoms with Crippen LogP contribution in [0.15, 0.2) is 24.3 Å². The Bertz CT molecular complexity index is 398. The first-order valence-electron chi connectivity index (χ1n) is 7.79. The van der Waals surface area contributed by atoms with E-state index in [1.807, 2.05) is 6.07 Å². The number of hydrogen-bond acceptors (Lipinski definition) is 3. The Balaban J connectivity index is 1.69. The van der Waals surface area contributed by atoms with E-state index in [-0.39, 0.29) is 0 Å². The van der Waals surface area contributed by atoms with Crippen LogP contribution in [0, 0.1) is 0 Å². The molecule has 0 saturated carbocycles. The summed E-state index contributed by atoms with van der Waals surface area (Å²) in [6.45, 7) is 8.09. The van der Waals surface area contributed by atoms with Gasteiger partial charge in [-0.2, -0.15) is 0 Å². The van der Waals surface area contributed by atoms with Crippen LogP contribution in [-0.4, -0.2) is 43.7 Å². The van der Waals surface area contributed by atoms with Crippen molar-refractivity contribution < 1.29 is 4.74 Å². The maximum atomic E-state index is 5.26. The normalized spacial score (nSPS) is 17.6. The summed E-state index contributed by atoms with van der Waals surface area (Å²) >= 11 is 0. The summed E-state index contributed by atoms with van der Waals surface area (Å²) < 4.78 is 5.26. The van der Waals surface area contributed by atoms with E-state index in [1.54, 1.807) is 7.11 Å². The van der Waals surface area contributed by atoms with Gasteiger partial charge in [0.05, 0.1) is 7.11 Å². The van der Waals surface area contributed by atoms with Gasteiger partial charge in [-0.15, -0.1) is 0 Å². The summed E-state index contributed by atoms with van der Waals surface area (Å²) in [5.41, 5.74) is 1.34. The molecule has 0 bridgehead atoms. The second-order valence-electron chi connectivity index (χ2n) is 5.96. The number of methoxy groups -OCH3 is 1. The maximum Gasteiger partial charge on any atom is 0.119 e. The zero-order valence-corrected chi connectivity index (χ0v) is 13.1. The quantitative estimate of drug-likeness (QED) is 0.864. The number of nitrogens with zero attached hydrogens (tertiary/aromatic N) is 1. The van der Waals surface area contributed by atoms with Crippen LogP contribution >= 0.6 is 0 Å². The van der Waals surface area contributed by atoms with E-state index in [0.717, 1.165) is 18.7 Å². The lowest BCUT2D eigenvalue weighted by molar-refractivity contribution is 0.161. The average molecular weight is 276 g/mol. The number of benzene rings is 1. The van der Waals surface area contributed by atoms with Crippen molar-refractivity contribution in [3.05, 3.63) is 29.8 Å². The first-order valence-corrected chi connectivity index (χ1v) is 7.79. The van der Waals surface area contributed by atoms with Crippen LogP contribution in [-0.2, 0) is 6.42 Å². The fourth-order valence-electron chi connectivity index (χ4n) is 2.87. The molecule has 3 heteroatoms. The van der Waals surface area contributed by atoms with Crippen LogP contribution in [0.3, 0.4) is 0 Å². The number of likely N-dealkylation sites (tertiary alicyclic amines) is 1. The highest BCUT2D eigenvalue weighted by atomic mass is 16.5. The van der Waals surface area contributed by atoms with Gasteiger partial charge < -0.3 is 15.0 Å². The Kier molecular flexibility index (Phi) is 5.86. The average Bonchev–Trinajstić information content (AvgIpc) is 2.48. The highest BCUT2D eigenvalue weighted by Gasteiger charge is 2.19. The van der Waals surface area contributed by atoms with Crippen LogP contribution in [0.25, 0.3) is 0 Å². The lowest BCUT2D eigenvalue weighted by atomic mass is 10.0. The van der Waals surface area contributed by atoms with Crippen LogP contribution < -0.4 is 10.1 Å². The minimum absolute atomic E-state index is 0.688. The number of rotatable bonds is 6. The van der Waals surface area contributed by atoms with E-state index in [0.29, 0.717) is 12.1 Å². The summed E-state index contributed by atoms with van der Waals surface area (Å²) in [5.74, 6) is 0.952. The molecular weight excluding hydrogens is 248 g/mol. The van der Waals surface area contributed by atoms with Crippen molar-refractivity contribution in [2.24, 2.45) is 0 Å². The van der Waals surface area contributed by atoms with E-state index in [4.69, 9.17) is 4.74 Å². The first kappa shape index (κ1) is 15.3. The topological polar surface area (TPSA) is 24.5 Å². The van der Waals surface area contributed by atoms with Crippen molar-refractivity contribution in [1.82, 2.24) is 10.2 Å². The molecule has 0 spiro atoms. The molecule has 0 atom stereocenters. The molecule has 1 fully saturated rings. The molecule has 0 aliphatic carbocycles. The molecule has 1 aromatic rings. The summed E-state index contributed by atoms with van der Waals surface area (Å²) in [4.78, 5) is 2.57. The molecule has 1 saturated heterocycles. The highest BCUT2D eigenvalue weighted by Crippen LogP contribution is 2.14. The minimum atomic E-state index is 0.688. The summed E-state index contributed by atoms with van der Waals surface area (Å²) in [7, 11) is 1.72. The van der Waals surface area contributed by atoms with E-state index in [1.165, 1.54) is 31.5 Å². The molecule has 1 heterocycles. The smallest absolute Gasteiger partial charge is 0.119 e. The summed E-state index contributed by atoms with van der Waals surface area (Å²) in [6.07, 6.45) is 3.62. The van der Waals surface area contributed by atoms with Gasteiger partial charge in [0.25, 0.3) is 0 Å². The van der Waals surface area contributed by atoms with Crippen LogP contribution in [0.4, 0.5) is 0 Å². The van der Waals surface area contributed by atoms with Gasteiger partial charge in [-0.25, -0.2) is 0 Å². The fourth-order valence-corrected chi connectivity index (χ4v) is 2.87. The van der Waals surface area contributed by atoms with E-state index >= 15 is 0 Å². The third-order valence-electron chi connectivity index (χ3n) is 4.24. The monoisotopic (exact) mass is 276 g/mol. The van der Waals surface area contributed by atoms with Gasteiger partial charge in [-0.05, 0) is 70.4 Å². The van der Waals surface area contributed by atoms with E-state index in [9.17, 15) is 0 Å². The molecular formula is C17H28N2O. The molecule has 1 aliphatic rings. The van der Waals surface area contributed by atoms with Crippen molar-refractivity contribution in [1.29, 1.82) is 0 Å². The Morgan fingerprint density at radius 2 is 2.05 bits per heavy atom. The summed E-state index contributed by atoms with van der Waals surface area (Å²) in [6, 6.07) is 9.74. The van der Waals surface area contributed by atoms with Crippen LogP contribution in [0.1, 0.15) is 32.3 Å². The van der Waals surface area contributed by atoms with Crippen LogP contribution in [0.5, 0.6) is 5.75 Å². The van der Waals surface area contributed by atoms with E-state index in [2.05, 4.69) is 42.3 Å². The van der Waals surface area contributed by atoms with Gasteiger partial charge in [0.15, 0.2) is 0 Å². The van der Waals surface area contributed by atoms with Crippen LogP contribution in [0.2, 0.25) is 0 Å². The zero-order valence-electron chi connectivity index (χ0n) is 13.1. The van der Waals surface area contributed by atoms with Crippen molar-refractivity contribution in [2.45, 2.75) is 45.2 Å². The standard InChI is InChI=1S/C17H28N2O/c1-14(2)19-11-8-16(9-12-19)18-10-7-15-5-4-6-17(13-15)20-3/h4-6,13-14,16,18H,7-12H2,1-3H3. The first-order chi connectivity index (χ1) is 9.69. The molecule has 2 rings (SSSR count). The van der Waals surface area contributed by atoms with Gasteiger partial charge >= 0.3 is 0 Å². The van der Waals surface area contributed by atoms with Gasteiger partial charge in [0.2, 0.25) is 0 Å². The Hall–Kier alpha value is -1.06. The molecule has 1 aromatic carbocycles. The molecule has 0 amide bonds. The third kappa shape index (κ3) is 4.50. The molecule has 0 unspecified atom stereocenters. The number of hydrogen-bond donors (Lipinski definition) is 1. The van der Waals surface area contributed by atoms with Gasteiger partial charge in [0, 0.05) is 12.1 Å². The second kappa shape index (κ2) is 7.65. The molecule has 0 aromatic heterocycles. The minimum Gasteiger partial charge on any atom is -0.497 e. The Morgan fingerprint density at radius 1 is 1.30 bits per heavy atom. The lowest BCUT2D eigenvalue weighted by Crippen LogP contribution is -2.45. The zero-order chi connectivity index (χ0) is 14.4. The highest BCUT2D eigenvalue weighted by molar-refractivity contribution is 5.28. The number of ether oxygens (including phenoxy) is 1. The molecule has 1 aliphatic heterocycles. The van der Waals surface area contributed by atoms with Crippen molar-refractivity contribution in [2.75, 3.05) is 26.7 Å². The third-order valence-corrected chi connectivity index (χ3v) is 4.24. The predicted octanol–water partition coefficient (Wildman–Crippen LogP) is 2.70. The van der Waals surface area contributed by atoms with Crippen molar-refractivity contribution in [3.63, 3.8) is 0 Å². The largest absolute Gasteiger partial charge is 0.497 e. The Labute approximate surface area is 123 Å². The van der Waals surface area contributed by atoms with Crippen molar-refractivity contribution >= 4 is 0 Å². The number of nitrogens with one attached hydrogen (secondary N) is 1. The molecule has 1 N–H and O–H groups in total. The predicted molar refractivity (Wildman–Crippen MR) is 84.4 cm³/mol. The van der Waals surface area contributed by atoms with Gasteiger partial charge in [-0.1, -0.05) is 12.1 Å². The number of piperidine rings is 1. The SMILES string of the molecule is COc1cccc(CCNC2CCN(C(C)C)CC2)c1. The molecule has 20 heavy (non-hydrogen) atoms. The maximum absolute atomic E-state index is 5.26. The second-order valence-corrected chi connectivity index (χ2v) is 5.96. The molecule has 112 valence electrons. The molecule has 0 radical (unpaired) electrons. The lowest BCUT2D eigenvalue weighted by Gasteiger charge is -2.35. The molecule has 3 nitrogen and oxygen atoms in total. The fraction of sp³-hybridized carbons (Fsp3) is 0.647. The van der Waals surface area contributed by atoms with Gasteiger partial charge in [-0.3, -0.25) is 0 Å². The Morgan fingerprint density at radius 3 is 2.70 bits per heavy atom.